The van der Waals surface area contributed by atoms with Crippen molar-refractivity contribution in [3.8, 4) is 11.5 Å². The first-order valence-corrected chi connectivity index (χ1v) is 9.27. The van der Waals surface area contributed by atoms with Gasteiger partial charge in [-0.15, -0.1) is 0 Å². The van der Waals surface area contributed by atoms with Gasteiger partial charge in [0.1, 0.15) is 11.5 Å². The van der Waals surface area contributed by atoms with Crippen LogP contribution in [-0.2, 0) is 4.79 Å². The molecule has 0 bridgehead atoms. The highest BCUT2D eigenvalue weighted by molar-refractivity contribution is 7.81. The van der Waals surface area contributed by atoms with Crippen molar-refractivity contribution in [2.24, 2.45) is 5.92 Å². The summed E-state index contributed by atoms with van der Waals surface area (Å²) in [4.78, 5) is 13.1. The van der Waals surface area contributed by atoms with E-state index in [1.54, 1.807) is 24.3 Å². The molecular formula is C22H26O3S. The smallest absolute Gasteiger partial charge is 0.166 e. The Labute approximate surface area is 161 Å². The standard InChI is InChI=1S/C22H26O3S/c1-14(2)24-21-13-22(25-15(3)4)18(12-16(21)5)8-11-20(23)17-6-9-19(26)10-7-17/h6-15,17H,1-5H3/b11-8+. The van der Waals surface area contributed by atoms with Crippen molar-refractivity contribution >= 4 is 28.9 Å². The topological polar surface area (TPSA) is 35.5 Å². The molecule has 3 nitrogen and oxygen atoms in total. The number of thiocarbonyl (C=S) groups is 1. The van der Waals surface area contributed by atoms with Gasteiger partial charge in [-0.25, -0.2) is 0 Å². The summed E-state index contributed by atoms with van der Waals surface area (Å²) in [7, 11) is 0. The number of carbonyl (C=O) groups excluding carboxylic acids is 1. The van der Waals surface area contributed by atoms with Gasteiger partial charge in [-0.2, -0.15) is 0 Å². The molecule has 0 fully saturated rings. The average molecular weight is 371 g/mol. The first-order chi connectivity index (χ1) is 12.3. The van der Waals surface area contributed by atoms with Gasteiger partial charge in [-0.05, 0) is 70.6 Å². The average Bonchev–Trinajstić information content (AvgIpc) is 2.55. The largest absolute Gasteiger partial charge is 0.491 e. The van der Waals surface area contributed by atoms with Crippen molar-refractivity contribution in [2.45, 2.75) is 46.8 Å². The first-order valence-electron chi connectivity index (χ1n) is 8.86. The molecule has 1 aliphatic rings. The maximum absolute atomic E-state index is 12.4. The van der Waals surface area contributed by atoms with Crippen LogP contribution in [0.4, 0.5) is 0 Å². The lowest BCUT2D eigenvalue weighted by Gasteiger charge is -2.18. The van der Waals surface area contributed by atoms with Gasteiger partial charge < -0.3 is 9.47 Å². The Kier molecular flexibility index (Phi) is 6.92. The summed E-state index contributed by atoms with van der Waals surface area (Å²) < 4.78 is 11.8. The summed E-state index contributed by atoms with van der Waals surface area (Å²) in [5.74, 6) is 1.25. The highest BCUT2D eigenvalue weighted by Gasteiger charge is 2.14. The number of allylic oxidation sites excluding steroid dienone is 5. The summed E-state index contributed by atoms with van der Waals surface area (Å²) in [6, 6.07) is 3.89. The van der Waals surface area contributed by atoms with E-state index in [9.17, 15) is 4.79 Å². The molecule has 0 spiro atoms. The van der Waals surface area contributed by atoms with Crippen LogP contribution in [0, 0.1) is 12.8 Å². The second-order valence-electron chi connectivity index (χ2n) is 6.87. The van der Waals surface area contributed by atoms with Gasteiger partial charge in [0.15, 0.2) is 5.78 Å². The Morgan fingerprint density at radius 2 is 1.62 bits per heavy atom. The van der Waals surface area contributed by atoms with Gasteiger partial charge >= 0.3 is 0 Å². The van der Waals surface area contributed by atoms with Crippen molar-refractivity contribution in [3.63, 3.8) is 0 Å². The third kappa shape index (κ3) is 5.67. The molecule has 0 radical (unpaired) electrons. The minimum absolute atomic E-state index is 0.00987. The fourth-order valence-electron chi connectivity index (χ4n) is 2.55. The Morgan fingerprint density at radius 3 is 2.19 bits per heavy atom. The molecule has 138 valence electrons. The lowest BCUT2D eigenvalue weighted by atomic mass is 9.97. The first kappa shape index (κ1) is 20.1. The molecule has 0 aromatic heterocycles. The fourth-order valence-corrected chi connectivity index (χ4v) is 2.71. The highest BCUT2D eigenvalue weighted by atomic mass is 32.1. The molecule has 0 unspecified atom stereocenters. The van der Waals surface area contributed by atoms with Crippen LogP contribution >= 0.6 is 12.2 Å². The lowest BCUT2D eigenvalue weighted by molar-refractivity contribution is -0.115. The molecule has 0 atom stereocenters. The normalized spacial score (nSPS) is 14.7. The SMILES string of the molecule is Cc1cc(/C=C/C(=O)C2C=CC(=S)C=C2)c(OC(C)C)cc1OC(C)C. The van der Waals surface area contributed by atoms with Crippen molar-refractivity contribution in [3.05, 3.63) is 53.6 Å². The Hall–Kier alpha value is -2.20. The number of ketones is 1. The number of ether oxygens (including phenoxy) is 2. The molecular weight excluding hydrogens is 344 g/mol. The third-order valence-electron chi connectivity index (χ3n) is 3.72. The van der Waals surface area contributed by atoms with E-state index in [0.29, 0.717) is 5.75 Å². The second kappa shape index (κ2) is 8.95. The van der Waals surface area contributed by atoms with Crippen molar-refractivity contribution in [1.82, 2.24) is 0 Å². The Morgan fingerprint density at radius 1 is 1.04 bits per heavy atom. The van der Waals surface area contributed by atoms with E-state index in [2.05, 4.69) is 0 Å². The molecule has 0 N–H and O–H groups in total. The second-order valence-corrected chi connectivity index (χ2v) is 7.34. The van der Waals surface area contributed by atoms with Crippen LogP contribution in [0.25, 0.3) is 6.08 Å². The summed E-state index contributed by atoms with van der Waals surface area (Å²) in [5, 5.41) is 0. The van der Waals surface area contributed by atoms with Gasteiger partial charge in [-0.3, -0.25) is 4.79 Å². The molecule has 0 heterocycles. The molecule has 0 aliphatic heterocycles. The zero-order valence-corrected chi connectivity index (χ0v) is 16.8. The van der Waals surface area contributed by atoms with E-state index < -0.39 is 0 Å². The molecule has 2 rings (SSSR count). The lowest BCUT2D eigenvalue weighted by Crippen LogP contribution is -2.11. The molecule has 26 heavy (non-hydrogen) atoms. The fraction of sp³-hybridized carbons (Fsp3) is 0.364. The number of aryl methyl sites for hydroxylation is 1. The van der Waals surface area contributed by atoms with Crippen LogP contribution in [0.1, 0.15) is 38.8 Å². The third-order valence-corrected chi connectivity index (χ3v) is 4.00. The number of rotatable bonds is 7. The number of benzene rings is 1. The maximum Gasteiger partial charge on any atom is 0.166 e. The minimum atomic E-state index is -0.267. The van der Waals surface area contributed by atoms with Gasteiger partial charge in [0.2, 0.25) is 0 Å². The molecule has 1 aromatic rings. The Bertz CT molecular complexity index is 754. The summed E-state index contributed by atoms with van der Waals surface area (Å²) in [6.45, 7) is 9.92. The summed E-state index contributed by atoms with van der Waals surface area (Å²) in [6.07, 6.45) is 10.7. The minimum Gasteiger partial charge on any atom is -0.491 e. The van der Waals surface area contributed by atoms with Crippen LogP contribution < -0.4 is 9.47 Å². The molecule has 4 heteroatoms. The van der Waals surface area contributed by atoms with Gasteiger partial charge in [-0.1, -0.05) is 24.4 Å². The predicted octanol–water partition coefficient (Wildman–Crippen LogP) is 5.26. The zero-order valence-electron chi connectivity index (χ0n) is 16.0. The van der Waals surface area contributed by atoms with E-state index in [-0.39, 0.29) is 23.9 Å². The van der Waals surface area contributed by atoms with Crippen molar-refractivity contribution in [1.29, 1.82) is 0 Å². The monoisotopic (exact) mass is 370 g/mol. The quantitative estimate of drug-likeness (QED) is 0.484. The van der Waals surface area contributed by atoms with E-state index >= 15 is 0 Å². The molecule has 0 saturated carbocycles. The molecule has 0 amide bonds. The van der Waals surface area contributed by atoms with Gasteiger partial charge in [0.05, 0.1) is 18.1 Å². The Balaban J connectivity index is 2.27. The number of carbonyl (C=O) groups is 1. The van der Waals surface area contributed by atoms with E-state index in [4.69, 9.17) is 21.7 Å². The molecule has 0 saturated heterocycles. The van der Waals surface area contributed by atoms with Crippen molar-refractivity contribution < 1.29 is 14.3 Å². The summed E-state index contributed by atoms with van der Waals surface area (Å²) >= 11 is 5.07. The molecule has 1 aliphatic carbocycles. The maximum atomic E-state index is 12.4. The predicted molar refractivity (Wildman–Crippen MR) is 111 cm³/mol. The van der Waals surface area contributed by atoms with Crippen LogP contribution in [0.5, 0.6) is 11.5 Å². The highest BCUT2D eigenvalue weighted by Crippen LogP contribution is 2.31. The van der Waals surface area contributed by atoms with Gasteiger partial charge in [0.25, 0.3) is 0 Å². The van der Waals surface area contributed by atoms with Crippen LogP contribution in [0.2, 0.25) is 0 Å². The van der Waals surface area contributed by atoms with Crippen LogP contribution in [-0.4, -0.2) is 22.9 Å². The van der Waals surface area contributed by atoms with Crippen LogP contribution in [0.15, 0.2) is 42.5 Å². The van der Waals surface area contributed by atoms with Crippen molar-refractivity contribution in [2.75, 3.05) is 0 Å². The molecule has 1 aromatic carbocycles. The van der Waals surface area contributed by atoms with E-state index in [1.165, 1.54) is 0 Å². The summed E-state index contributed by atoms with van der Waals surface area (Å²) in [5.41, 5.74) is 1.87. The van der Waals surface area contributed by atoms with E-state index in [1.807, 2.05) is 58.9 Å². The number of hydrogen-bond acceptors (Lipinski definition) is 4. The van der Waals surface area contributed by atoms with E-state index in [0.717, 1.165) is 21.7 Å². The number of hydrogen-bond donors (Lipinski definition) is 0. The zero-order chi connectivity index (χ0) is 19.3. The van der Waals surface area contributed by atoms with Crippen LogP contribution in [0.3, 0.4) is 0 Å². The van der Waals surface area contributed by atoms with Gasteiger partial charge in [0, 0.05) is 16.5 Å².